The number of carboxylic acid groups (broad SMARTS) is 1. The van der Waals surface area contributed by atoms with Gasteiger partial charge in [-0.2, -0.15) is 0 Å². The van der Waals surface area contributed by atoms with E-state index in [4.69, 9.17) is 9.84 Å². The van der Waals surface area contributed by atoms with Crippen molar-refractivity contribution < 1.29 is 23.1 Å². The van der Waals surface area contributed by atoms with Crippen LogP contribution in [0.2, 0.25) is 0 Å². The summed E-state index contributed by atoms with van der Waals surface area (Å²) in [6.45, 7) is 5.88. The molecule has 24 heavy (non-hydrogen) atoms. The van der Waals surface area contributed by atoms with Crippen LogP contribution >= 0.6 is 0 Å². The van der Waals surface area contributed by atoms with Crippen molar-refractivity contribution >= 4 is 21.7 Å². The molecule has 0 amide bonds. The van der Waals surface area contributed by atoms with E-state index in [-0.39, 0.29) is 23.1 Å². The summed E-state index contributed by atoms with van der Waals surface area (Å²) in [7, 11) is -2.40. The molecule has 1 rings (SSSR count). The third-order valence-electron chi connectivity index (χ3n) is 3.41. The molecule has 0 saturated heterocycles. The van der Waals surface area contributed by atoms with E-state index < -0.39 is 22.0 Å². The van der Waals surface area contributed by atoms with Crippen LogP contribution in [0.5, 0.6) is 0 Å². The van der Waals surface area contributed by atoms with Crippen molar-refractivity contribution in [1.29, 1.82) is 0 Å². The summed E-state index contributed by atoms with van der Waals surface area (Å²) in [5.41, 5.74) is 0.307. The van der Waals surface area contributed by atoms with Crippen molar-refractivity contribution in [1.82, 2.24) is 4.72 Å². The molecule has 0 saturated carbocycles. The Hall–Kier alpha value is -1.64. The van der Waals surface area contributed by atoms with E-state index in [1.54, 1.807) is 6.92 Å². The first kappa shape index (κ1) is 20.4. The number of ether oxygens (including phenoxy) is 1. The number of aromatic carboxylic acids is 1. The largest absolute Gasteiger partial charge is 0.478 e. The predicted octanol–water partition coefficient (Wildman–Crippen LogP) is 2.30. The van der Waals surface area contributed by atoms with Gasteiger partial charge in [0.2, 0.25) is 10.0 Å². The van der Waals surface area contributed by atoms with E-state index in [0.29, 0.717) is 5.69 Å². The van der Waals surface area contributed by atoms with Crippen LogP contribution in [0.15, 0.2) is 23.1 Å². The summed E-state index contributed by atoms with van der Waals surface area (Å²) in [6.07, 6.45) is 1.82. The van der Waals surface area contributed by atoms with Crippen LogP contribution in [-0.4, -0.2) is 45.3 Å². The van der Waals surface area contributed by atoms with Gasteiger partial charge in [-0.15, -0.1) is 0 Å². The van der Waals surface area contributed by atoms with Crippen LogP contribution in [-0.2, 0) is 14.8 Å². The van der Waals surface area contributed by atoms with E-state index in [2.05, 4.69) is 10.0 Å². The van der Waals surface area contributed by atoms with Gasteiger partial charge in [0, 0.05) is 19.2 Å². The fourth-order valence-corrected chi connectivity index (χ4v) is 3.80. The zero-order valence-electron chi connectivity index (χ0n) is 14.5. The maximum Gasteiger partial charge on any atom is 0.335 e. The van der Waals surface area contributed by atoms with Gasteiger partial charge in [-0.05, 0) is 38.5 Å². The number of nitrogens with one attached hydrogen (secondary N) is 2. The first-order valence-electron chi connectivity index (χ1n) is 7.86. The summed E-state index contributed by atoms with van der Waals surface area (Å²) < 4.78 is 32.7. The molecule has 136 valence electrons. The van der Waals surface area contributed by atoms with E-state index >= 15 is 0 Å². The van der Waals surface area contributed by atoms with Crippen LogP contribution < -0.4 is 10.0 Å². The van der Waals surface area contributed by atoms with E-state index in [1.807, 2.05) is 13.8 Å². The number of hydrogen-bond acceptors (Lipinski definition) is 5. The molecule has 2 unspecified atom stereocenters. The molecule has 3 N–H and O–H groups in total. The van der Waals surface area contributed by atoms with E-state index in [9.17, 15) is 13.2 Å². The molecule has 1 aromatic carbocycles. The lowest BCUT2D eigenvalue weighted by Crippen LogP contribution is -2.36. The third-order valence-corrected chi connectivity index (χ3v) is 5.04. The number of carboxylic acids is 1. The van der Waals surface area contributed by atoms with Gasteiger partial charge in [-0.1, -0.05) is 13.3 Å². The first-order chi connectivity index (χ1) is 11.2. The monoisotopic (exact) mass is 358 g/mol. The molecule has 7 nitrogen and oxygen atoms in total. The van der Waals surface area contributed by atoms with Crippen molar-refractivity contribution in [3.63, 3.8) is 0 Å². The lowest BCUT2D eigenvalue weighted by atomic mass is 10.1. The Morgan fingerprint density at radius 3 is 2.50 bits per heavy atom. The average Bonchev–Trinajstić information content (AvgIpc) is 2.47. The van der Waals surface area contributed by atoms with Crippen LogP contribution in [0.1, 0.15) is 44.0 Å². The second-order valence-electron chi connectivity index (χ2n) is 5.83. The van der Waals surface area contributed by atoms with Gasteiger partial charge < -0.3 is 15.2 Å². The minimum atomic E-state index is -3.88. The molecule has 1 aromatic rings. The van der Waals surface area contributed by atoms with E-state index in [0.717, 1.165) is 12.8 Å². The number of carbonyl (C=O) groups is 1. The molecular weight excluding hydrogens is 332 g/mol. The summed E-state index contributed by atoms with van der Waals surface area (Å²) in [6, 6.07) is 3.68. The minimum absolute atomic E-state index is 0.0658. The van der Waals surface area contributed by atoms with Crippen LogP contribution in [0.3, 0.4) is 0 Å². The Labute approximate surface area is 143 Å². The molecule has 0 bridgehead atoms. The van der Waals surface area contributed by atoms with Crippen molar-refractivity contribution in [3.8, 4) is 0 Å². The summed E-state index contributed by atoms with van der Waals surface area (Å²) in [5, 5.41) is 12.3. The SMILES string of the molecule is CCCC(C)Nc1ccc(C(=O)O)cc1S(=O)(=O)NC(C)COC. The van der Waals surface area contributed by atoms with Crippen molar-refractivity contribution in [2.75, 3.05) is 19.0 Å². The number of benzene rings is 1. The lowest BCUT2D eigenvalue weighted by Gasteiger charge is -2.20. The van der Waals surface area contributed by atoms with Gasteiger partial charge in [-0.25, -0.2) is 17.9 Å². The molecule has 0 heterocycles. The second-order valence-corrected chi connectivity index (χ2v) is 7.51. The third kappa shape index (κ3) is 5.77. The maximum absolute atomic E-state index is 12.7. The van der Waals surface area contributed by atoms with Gasteiger partial charge in [0.15, 0.2) is 0 Å². The number of hydrogen-bond donors (Lipinski definition) is 3. The topological polar surface area (TPSA) is 105 Å². The molecular formula is C16H26N2O5S. The molecule has 0 aliphatic rings. The van der Waals surface area contributed by atoms with Crippen molar-refractivity contribution in [2.24, 2.45) is 0 Å². The summed E-state index contributed by atoms with van der Waals surface area (Å²) in [4.78, 5) is 11.1. The number of methoxy groups -OCH3 is 1. The molecule has 0 radical (unpaired) electrons. The Balaban J connectivity index is 3.24. The van der Waals surface area contributed by atoms with Crippen LogP contribution in [0.4, 0.5) is 5.69 Å². The summed E-state index contributed by atoms with van der Waals surface area (Å²) >= 11 is 0. The Morgan fingerprint density at radius 2 is 1.96 bits per heavy atom. The summed E-state index contributed by atoms with van der Waals surface area (Å²) in [5.74, 6) is -1.18. The van der Waals surface area contributed by atoms with E-state index in [1.165, 1.54) is 25.3 Å². The fraction of sp³-hybridized carbons (Fsp3) is 0.562. The first-order valence-corrected chi connectivity index (χ1v) is 9.34. The molecule has 0 fully saturated rings. The fourth-order valence-electron chi connectivity index (χ4n) is 2.38. The molecule has 2 atom stereocenters. The van der Waals surface area contributed by atoms with Crippen LogP contribution in [0.25, 0.3) is 0 Å². The van der Waals surface area contributed by atoms with Crippen molar-refractivity contribution in [2.45, 2.75) is 50.6 Å². The van der Waals surface area contributed by atoms with Gasteiger partial charge in [-0.3, -0.25) is 0 Å². The highest BCUT2D eigenvalue weighted by Crippen LogP contribution is 2.24. The molecule has 0 spiro atoms. The zero-order chi connectivity index (χ0) is 18.3. The quantitative estimate of drug-likeness (QED) is 0.593. The molecule has 0 aliphatic heterocycles. The Kier molecular flexibility index (Phi) is 7.65. The Bertz CT molecular complexity index is 660. The van der Waals surface area contributed by atoms with Crippen molar-refractivity contribution in [3.05, 3.63) is 23.8 Å². The highest BCUT2D eigenvalue weighted by atomic mass is 32.2. The highest BCUT2D eigenvalue weighted by molar-refractivity contribution is 7.89. The maximum atomic E-state index is 12.7. The molecule has 0 aliphatic carbocycles. The highest BCUT2D eigenvalue weighted by Gasteiger charge is 2.23. The zero-order valence-corrected chi connectivity index (χ0v) is 15.3. The smallest absolute Gasteiger partial charge is 0.335 e. The minimum Gasteiger partial charge on any atom is -0.478 e. The lowest BCUT2D eigenvalue weighted by molar-refractivity contribution is 0.0696. The number of sulfonamides is 1. The van der Waals surface area contributed by atoms with Gasteiger partial charge in [0.05, 0.1) is 17.9 Å². The molecule has 0 aromatic heterocycles. The number of anilines is 1. The van der Waals surface area contributed by atoms with Gasteiger partial charge >= 0.3 is 5.97 Å². The standard InChI is InChI=1S/C16H26N2O5S/c1-5-6-11(2)17-14-8-7-13(16(19)20)9-15(14)24(21,22)18-12(3)10-23-4/h7-9,11-12,17-18H,5-6,10H2,1-4H3,(H,19,20). The predicted molar refractivity (Wildman–Crippen MR) is 93.1 cm³/mol. The average molecular weight is 358 g/mol. The van der Waals surface area contributed by atoms with Gasteiger partial charge in [0.1, 0.15) is 4.90 Å². The Morgan fingerprint density at radius 1 is 1.29 bits per heavy atom. The van der Waals surface area contributed by atoms with Gasteiger partial charge in [0.25, 0.3) is 0 Å². The molecule has 8 heteroatoms. The van der Waals surface area contributed by atoms with Crippen LogP contribution in [0, 0.1) is 0 Å². The normalized spacial score (nSPS) is 14.2. The number of rotatable bonds is 10. The second kappa shape index (κ2) is 9.00.